The number of guanidine groups is 1. The summed E-state index contributed by atoms with van der Waals surface area (Å²) in [5, 5.41) is 24.0. The number of carbonyl (C=O) groups is 4. The number of hydrogen-bond donors (Lipinski definition) is 7. The molecule has 4 atom stereocenters. The summed E-state index contributed by atoms with van der Waals surface area (Å²) in [5.74, 6) is -3.01. The molecule has 0 aromatic rings. The number of nitrogens with two attached hydrogens (primary N) is 3. The Morgan fingerprint density at radius 2 is 1.76 bits per heavy atom. The molecule has 13 heteroatoms. The highest BCUT2D eigenvalue weighted by atomic mass is 16.4. The molecule has 1 aliphatic rings. The summed E-state index contributed by atoms with van der Waals surface area (Å²) in [4.78, 5) is 54.5. The lowest BCUT2D eigenvalue weighted by molar-refractivity contribution is -0.150. The van der Waals surface area contributed by atoms with Crippen molar-refractivity contribution in [1.29, 1.82) is 0 Å². The zero-order chi connectivity index (χ0) is 25.1. The van der Waals surface area contributed by atoms with E-state index in [1.807, 2.05) is 13.8 Å². The molecule has 1 saturated heterocycles. The number of likely N-dealkylation sites (tertiary alicyclic amines) is 1. The molecule has 33 heavy (non-hydrogen) atoms. The van der Waals surface area contributed by atoms with Crippen LogP contribution in [0.2, 0.25) is 0 Å². The lowest BCUT2D eigenvalue weighted by Crippen LogP contribution is -2.58. The van der Waals surface area contributed by atoms with Crippen molar-refractivity contribution in [2.24, 2.45) is 28.1 Å². The third-order valence-electron chi connectivity index (χ3n) is 5.26. The van der Waals surface area contributed by atoms with Crippen LogP contribution in [-0.2, 0) is 19.2 Å². The van der Waals surface area contributed by atoms with Gasteiger partial charge in [-0.15, -0.1) is 0 Å². The van der Waals surface area contributed by atoms with Gasteiger partial charge in [-0.05, 0) is 38.0 Å². The highest BCUT2D eigenvalue weighted by molar-refractivity contribution is 5.94. The number of nitrogens with one attached hydrogen (secondary N) is 2. The normalized spacial score (nSPS) is 18.3. The molecular formula is C20H37N7O6. The summed E-state index contributed by atoms with van der Waals surface area (Å²) in [6, 6.07) is -4.23. The van der Waals surface area contributed by atoms with E-state index in [4.69, 9.17) is 17.2 Å². The Hall–Kier alpha value is -2.93. The monoisotopic (exact) mass is 471 g/mol. The number of aliphatic carboxylic acids is 1. The molecule has 0 radical (unpaired) electrons. The van der Waals surface area contributed by atoms with E-state index in [1.165, 1.54) is 0 Å². The number of hydrogen-bond acceptors (Lipinski definition) is 7. The second-order valence-electron chi connectivity index (χ2n) is 8.52. The number of aliphatic hydroxyl groups is 1. The summed E-state index contributed by atoms with van der Waals surface area (Å²) < 4.78 is 0. The van der Waals surface area contributed by atoms with E-state index < -0.39 is 54.5 Å². The van der Waals surface area contributed by atoms with Gasteiger partial charge in [0.05, 0.1) is 12.6 Å². The minimum atomic E-state index is -1.35. The van der Waals surface area contributed by atoms with Gasteiger partial charge in [-0.3, -0.25) is 19.4 Å². The number of rotatable bonds is 13. The molecular weight excluding hydrogens is 434 g/mol. The van der Waals surface area contributed by atoms with Crippen LogP contribution in [0.1, 0.15) is 46.0 Å². The van der Waals surface area contributed by atoms with Crippen LogP contribution < -0.4 is 27.8 Å². The molecule has 1 fully saturated rings. The molecule has 1 rings (SSSR count). The second-order valence-corrected chi connectivity index (χ2v) is 8.52. The largest absolute Gasteiger partial charge is 0.480 e. The molecule has 0 aromatic heterocycles. The van der Waals surface area contributed by atoms with Crippen molar-refractivity contribution in [3.63, 3.8) is 0 Å². The van der Waals surface area contributed by atoms with E-state index in [2.05, 4.69) is 15.6 Å². The molecule has 0 aliphatic carbocycles. The van der Waals surface area contributed by atoms with Crippen molar-refractivity contribution < 1.29 is 29.4 Å². The third-order valence-corrected chi connectivity index (χ3v) is 5.26. The first kappa shape index (κ1) is 28.1. The molecule has 0 saturated carbocycles. The zero-order valence-corrected chi connectivity index (χ0v) is 19.2. The fourth-order valence-electron chi connectivity index (χ4n) is 3.61. The molecule has 188 valence electrons. The van der Waals surface area contributed by atoms with Crippen molar-refractivity contribution in [1.82, 2.24) is 15.5 Å². The Bertz CT molecular complexity index is 726. The van der Waals surface area contributed by atoms with Crippen LogP contribution in [0.25, 0.3) is 0 Å². The van der Waals surface area contributed by atoms with Gasteiger partial charge in [-0.1, -0.05) is 13.8 Å². The fraction of sp³-hybridized carbons (Fsp3) is 0.750. The number of nitrogens with zero attached hydrogens (tertiary/aromatic N) is 2. The predicted octanol–water partition coefficient (Wildman–Crippen LogP) is -2.55. The smallest absolute Gasteiger partial charge is 0.326 e. The molecule has 0 bridgehead atoms. The van der Waals surface area contributed by atoms with Gasteiger partial charge in [0.1, 0.15) is 18.1 Å². The van der Waals surface area contributed by atoms with Gasteiger partial charge in [-0.25, -0.2) is 4.79 Å². The molecule has 3 amide bonds. The maximum Gasteiger partial charge on any atom is 0.326 e. The second kappa shape index (κ2) is 13.6. The lowest BCUT2D eigenvalue weighted by atomic mass is 10.0. The van der Waals surface area contributed by atoms with Gasteiger partial charge >= 0.3 is 5.97 Å². The van der Waals surface area contributed by atoms with Crippen LogP contribution >= 0.6 is 0 Å². The maximum absolute atomic E-state index is 12.9. The van der Waals surface area contributed by atoms with E-state index in [0.717, 1.165) is 4.90 Å². The van der Waals surface area contributed by atoms with Gasteiger partial charge in [-0.2, -0.15) is 0 Å². The van der Waals surface area contributed by atoms with E-state index >= 15 is 0 Å². The van der Waals surface area contributed by atoms with E-state index in [9.17, 15) is 29.4 Å². The van der Waals surface area contributed by atoms with Gasteiger partial charge in [0.2, 0.25) is 17.7 Å². The Kier molecular flexibility index (Phi) is 11.6. The topological polar surface area (TPSA) is 226 Å². The first-order valence-corrected chi connectivity index (χ1v) is 11.0. The standard InChI is InChI=1S/C20H37N7O6/c1-11(2)9-12(21)16(29)25-13(5-3-7-24-20(22)23)17(30)26-14(10-28)18(31)27-8-4-6-15(27)19(32)33/h11-15,28H,3-10,21H2,1-2H3,(H,25,29)(H,26,30)(H,32,33)(H4,22,23,24)/t12-,13-,14-,15-/m0/s1. The van der Waals surface area contributed by atoms with Crippen molar-refractivity contribution in [3.8, 4) is 0 Å². The summed E-state index contributed by atoms with van der Waals surface area (Å²) in [7, 11) is 0. The Labute approximate surface area is 193 Å². The molecule has 0 spiro atoms. The van der Waals surface area contributed by atoms with Gasteiger partial charge < -0.3 is 42.9 Å². The number of carboxylic acid groups (broad SMARTS) is 1. The van der Waals surface area contributed by atoms with Crippen LogP contribution in [0.5, 0.6) is 0 Å². The maximum atomic E-state index is 12.9. The van der Waals surface area contributed by atoms with Crippen LogP contribution in [0, 0.1) is 5.92 Å². The number of aliphatic imine (C=N–C) groups is 1. The Morgan fingerprint density at radius 3 is 2.30 bits per heavy atom. The van der Waals surface area contributed by atoms with Crippen LogP contribution in [0.3, 0.4) is 0 Å². The third kappa shape index (κ3) is 9.22. The first-order chi connectivity index (χ1) is 15.5. The highest BCUT2D eigenvalue weighted by Crippen LogP contribution is 2.18. The predicted molar refractivity (Wildman–Crippen MR) is 121 cm³/mol. The average Bonchev–Trinajstić information content (AvgIpc) is 3.22. The van der Waals surface area contributed by atoms with Crippen molar-refractivity contribution >= 4 is 29.7 Å². The fourth-order valence-corrected chi connectivity index (χ4v) is 3.61. The van der Waals surface area contributed by atoms with Crippen LogP contribution in [0.15, 0.2) is 4.99 Å². The number of carbonyl (C=O) groups excluding carboxylic acids is 3. The van der Waals surface area contributed by atoms with Gasteiger partial charge in [0.25, 0.3) is 0 Å². The Balaban J connectivity index is 2.89. The summed E-state index contributed by atoms with van der Waals surface area (Å²) >= 11 is 0. The number of aliphatic hydroxyl groups excluding tert-OH is 1. The summed E-state index contributed by atoms with van der Waals surface area (Å²) in [5.41, 5.74) is 16.5. The van der Waals surface area contributed by atoms with Crippen molar-refractivity contribution in [2.45, 2.75) is 70.1 Å². The SMILES string of the molecule is CC(C)C[C@H](N)C(=O)N[C@@H](CCCN=C(N)N)C(=O)N[C@@H](CO)C(=O)N1CCC[C@H]1C(=O)O. The van der Waals surface area contributed by atoms with Crippen molar-refractivity contribution in [3.05, 3.63) is 0 Å². The molecule has 13 nitrogen and oxygen atoms in total. The number of carboxylic acids is 1. The van der Waals surface area contributed by atoms with Crippen LogP contribution in [-0.4, -0.2) is 88.6 Å². The van der Waals surface area contributed by atoms with E-state index in [-0.39, 0.29) is 31.4 Å². The highest BCUT2D eigenvalue weighted by Gasteiger charge is 2.38. The van der Waals surface area contributed by atoms with E-state index in [0.29, 0.717) is 25.7 Å². The quantitative estimate of drug-likeness (QED) is 0.0850. The first-order valence-electron chi connectivity index (χ1n) is 11.0. The summed E-state index contributed by atoms with van der Waals surface area (Å²) in [6.07, 6.45) is 1.71. The van der Waals surface area contributed by atoms with Crippen molar-refractivity contribution in [2.75, 3.05) is 19.7 Å². The minimum Gasteiger partial charge on any atom is -0.480 e. The van der Waals surface area contributed by atoms with Gasteiger partial charge in [0, 0.05) is 13.1 Å². The summed E-state index contributed by atoms with van der Waals surface area (Å²) in [6.45, 7) is 3.52. The lowest BCUT2D eigenvalue weighted by Gasteiger charge is -2.28. The molecule has 1 heterocycles. The zero-order valence-electron chi connectivity index (χ0n) is 19.2. The van der Waals surface area contributed by atoms with Crippen LogP contribution in [0.4, 0.5) is 0 Å². The Morgan fingerprint density at radius 1 is 1.12 bits per heavy atom. The molecule has 0 unspecified atom stereocenters. The molecule has 10 N–H and O–H groups in total. The van der Waals surface area contributed by atoms with E-state index in [1.54, 1.807) is 0 Å². The van der Waals surface area contributed by atoms with Gasteiger partial charge in [0.15, 0.2) is 5.96 Å². The minimum absolute atomic E-state index is 0.108. The number of amides is 3. The molecule has 1 aliphatic heterocycles. The average molecular weight is 472 g/mol. The molecule has 0 aromatic carbocycles.